The molecular weight excluding hydrogens is 552 g/mol. The highest BCUT2D eigenvalue weighted by Crippen LogP contribution is 2.44. The summed E-state index contributed by atoms with van der Waals surface area (Å²) in [7, 11) is 1.52. The number of amides is 1. The second-order valence-electron chi connectivity index (χ2n) is 10.1. The highest BCUT2D eigenvalue weighted by molar-refractivity contribution is 5.97. The van der Waals surface area contributed by atoms with E-state index in [0.29, 0.717) is 60.3 Å². The number of fused-ring (bicyclic) bond motifs is 1. The standard InChI is InChI=1S/C31H36N6O6/c1-4-43-30(39)24-20(2)32-28-26(25(24)21-9-6-5-7-10-21)27(34-35-29(38)22-11-8-12-23(19-22)41-3)33-31(40)37(28)14-13-36-15-17-42-18-16-36/h5-12,19,25,32H,4,13-18H2,1-3H3,(H,35,38)(H,33,34,40). The lowest BCUT2D eigenvalue weighted by Gasteiger charge is -2.33. The fourth-order valence-corrected chi connectivity index (χ4v) is 5.36. The molecule has 1 fully saturated rings. The number of hydrazine groups is 1. The number of anilines is 2. The molecule has 3 heterocycles. The predicted octanol–water partition coefficient (Wildman–Crippen LogP) is 2.74. The number of ether oxygens (including phenoxy) is 3. The van der Waals surface area contributed by atoms with E-state index in [1.165, 1.54) is 7.11 Å². The van der Waals surface area contributed by atoms with Crippen LogP contribution in [-0.2, 0) is 20.8 Å². The van der Waals surface area contributed by atoms with Crippen LogP contribution in [0.15, 0.2) is 70.7 Å². The Bertz CT molecular complexity index is 1560. The normalized spacial score (nSPS) is 16.6. The maximum absolute atomic E-state index is 13.5. The third kappa shape index (κ3) is 6.55. The lowest BCUT2D eigenvalue weighted by Crippen LogP contribution is -2.41. The van der Waals surface area contributed by atoms with Crippen LogP contribution in [0, 0.1) is 0 Å². The number of rotatable bonds is 10. The summed E-state index contributed by atoms with van der Waals surface area (Å²) in [6.45, 7) is 7.53. The summed E-state index contributed by atoms with van der Waals surface area (Å²) in [4.78, 5) is 46.6. The molecule has 0 bridgehead atoms. The number of morpholine rings is 1. The molecule has 12 nitrogen and oxygen atoms in total. The Balaban J connectivity index is 1.59. The van der Waals surface area contributed by atoms with Crippen molar-refractivity contribution < 1.29 is 23.8 Å². The Labute approximate surface area is 249 Å². The number of aromatic nitrogens is 2. The molecule has 5 rings (SSSR count). The number of nitrogens with one attached hydrogen (secondary N) is 3. The van der Waals surface area contributed by atoms with Crippen LogP contribution in [0.4, 0.5) is 11.6 Å². The zero-order chi connectivity index (χ0) is 30.3. The van der Waals surface area contributed by atoms with Gasteiger partial charge in [0.1, 0.15) is 11.6 Å². The average Bonchev–Trinajstić information content (AvgIpc) is 3.03. The summed E-state index contributed by atoms with van der Waals surface area (Å²) in [5.74, 6) is -0.442. The van der Waals surface area contributed by atoms with Gasteiger partial charge in [0.2, 0.25) is 0 Å². The van der Waals surface area contributed by atoms with Gasteiger partial charge in [-0.2, -0.15) is 4.98 Å². The molecule has 12 heteroatoms. The fraction of sp³-hybridized carbons (Fsp3) is 0.355. The fourth-order valence-electron chi connectivity index (χ4n) is 5.36. The lowest BCUT2D eigenvalue weighted by molar-refractivity contribution is -0.138. The van der Waals surface area contributed by atoms with E-state index in [2.05, 4.69) is 26.1 Å². The van der Waals surface area contributed by atoms with Gasteiger partial charge in [-0.15, -0.1) is 0 Å². The molecule has 3 aromatic rings. The van der Waals surface area contributed by atoms with Gasteiger partial charge in [-0.1, -0.05) is 36.4 Å². The molecule has 0 aliphatic carbocycles. The van der Waals surface area contributed by atoms with Crippen molar-refractivity contribution >= 4 is 23.5 Å². The number of nitrogens with zero attached hydrogens (tertiary/aromatic N) is 3. The quantitative estimate of drug-likeness (QED) is 0.240. The second-order valence-corrected chi connectivity index (χ2v) is 10.1. The number of hydrogen-bond donors (Lipinski definition) is 3. The third-order valence-corrected chi connectivity index (χ3v) is 7.50. The van der Waals surface area contributed by atoms with Gasteiger partial charge >= 0.3 is 11.7 Å². The van der Waals surface area contributed by atoms with Crippen LogP contribution in [-0.4, -0.2) is 72.9 Å². The number of hydrogen-bond acceptors (Lipinski definition) is 10. The Hall–Kier alpha value is -4.68. The van der Waals surface area contributed by atoms with Crippen LogP contribution in [0.2, 0.25) is 0 Å². The molecular formula is C31H36N6O6. The van der Waals surface area contributed by atoms with Gasteiger partial charge in [0.25, 0.3) is 5.91 Å². The number of allylic oxidation sites excluding steroid dienone is 1. The molecule has 2 aliphatic heterocycles. The summed E-state index contributed by atoms with van der Waals surface area (Å²) in [6.07, 6.45) is 0. The highest BCUT2D eigenvalue weighted by atomic mass is 16.5. The first-order valence-corrected chi connectivity index (χ1v) is 14.3. The minimum atomic E-state index is -0.643. The molecule has 2 aromatic carbocycles. The second kappa shape index (κ2) is 13.5. The zero-order valence-electron chi connectivity index (χ0n) is 24.5. The van der Waals surface area contributed by atoms with Crippen molar-refractivity contribution in [2.45, 2.75) is 26.3 Å². The van der Waals surface area contributed by atoms with Crippen molar-refractivity contribution in [3.8, 4) is 5.75 Å². The zero-order valence-corrected chi connectivity index (χ0v) is 24.5. The van der Waals surface area contributed by atoms with Crippen molar-refractivity contribution in [3.05, 3.63) is 93.0 Å². The lowest BCUT2D eigenvalue weighted by atomic mass is 9.82. The molecule has 1 aromatic heterocycles. The minimum Gasteiger partial charge on any atom is -0.497 e. The van der Waals surface area contributed by atoms with Crippen molar-refractivity contribution in [2.24, 2.45) is 0 Å². The molecule has 1 unspecified atom stereocenters. The molecule has 3 N–H and O–H groups in total. The largest absolute Gasteiger partial charge is 0.497 e. The summed E-state index contributed by atoms with van der Waals surface area (Å²) in [5.41, 5.74) is 7.68. The van der Waals surface area contributed by atoms with Gasteiger partial charge in [0.05, 0.1) is 38.4 Å². The Kier molecular flexibility index (Phi) is 9.38. The van der Waals surface area contributed by atoms with Crippen molar-refractivity contribution in [3.63, 3.8) is 0 Å². The molecule has 0 radical (unpaired) electrons. The van der Waals surface area contributed by atoms with Crippen molar-refractivity contribution in [1.82, 2.24) is 19.9 Å². The van der Waals surface area contributed by atoms with Gasteiger partial charge in [-0.05, 0) is 37.6 Å². The van der Waals surface area contributed by atoms with Crippen molar-refractivity contribution in [2.75, 3.05) is 57.3 Å². The number of carbonyl (C=O) groups excluding carboxylic acids is 2. The number of methoxy groups -OCH3 is 1. The number of esters is 1. The van der Waals surface area contributed by atoms with E-state index in [1.807, 2.05) is 30.3 Å². The first kappa shape index (κ1) is 29.8. The number of benzene rings is 2. The van der Waals surface area contributed by atoms with E-state index in [9.17, 15) is 14.4 Å². The predicted molar refractivity (Wildman–Crippen MR) is 161 cm³/mol. The van der Waals surface area contributed by atoms with Gasteiger partial charge in [-0.25, -0.2) is 9.59 Å². The van der Waals surface area contributed by atoms with Crippen LogP contribution in [0.1, 0.15) is 41.3 Å². The van der Waals surface area contributed by atoms with Crippen molar-refractivity contribution in [1.29, 1.82) is 0 Å². The molecule has 1 amide bonds. The van der Waals surface area contributed by atoms with Crippen LogP contribution < -0.4 is 26.6 Å². The van der Waals surface area contributed by atoms with Gasteiger partial charge in [0.15, 0.2) is 5.82 Å². The molecule has 1 atom stereocenters. The van der Waals surface area contributed by atoms with E-state index < -0.39 is 23.5 Å². The first-order chi connectivity index (χ1) is 20.9. The SMILES string of the molecule is CCOC(=O)C1=C(C)Nc2c(c(NNC(=O)c3cccc(OC)c3)nc(=O)n2CCN2CCOCC2)C1c1ccccc1. The third-order valence-electron chi connectivity index (χ3n) is 7.50. The smallest absolute Gasteiger partial charge is 0.351 e. The maximum atomic E-state index is 13.5. The first-order valence-electron chi connectivity index (χ1n) is 14.3. The molecule has 226 valence electrons. The van der Waals surface area contributed by atoms with Crippen LogP contribution >= 0.6 is 0 Å². The Morgan fingerprint density at radius 3 is 2.58 bits per heavy atom. The Morgan fingerprint density at radius 2 is 1.86 bits per heavy atom. The topological polar surface area (TPSA) is 136 Å². The average molecular weight is 589 g/mol. The van der Waals surface area contributed by atoms with Gasteiger partial charge in [-0.3, -0.25) is 25.1 Å². The summed E-state index contributed by atoms with van der Waals surface area (Å²) >= 11 is 0. The number of carbonyl (C=O) groups is 2. The maximum Gasteiger partial charge on any atom is 0.351 e. The van der Waals surface area contributed by atoms with Gasteiger partial charge in [0, 0.05) is 43.0 Å². The van der Waals surface area contributed by atoms with E-state index >= 15 is 0 Å². The van der Waals surface area contributed by atoms with E-state index in [1.54, 1.807) is 42.7 Å². The highest BCUT2D eigenvalue weighted by Gasteiger charge is 2.37. The molecule has 0 saturated carbocycles. The Morgan fingerprint density at radius 1 is 1.09 bits per heavy atom. The van der Waals surface area contributed by atoms with E-state index in [0.717, 1.165) is 18.7 Å². The minimum absolute atomic E-state index is 0.120. The monoisotopic (exact) mass is 588 g/mol. The molecule has 43 heavy (non-hydrogen) atoms. The summed E-state index contributed by atoms with van der Waals surface area (Å²) in [6, 6.07) is 16.2. The molecule has 1 saturated heterocycles. The van der Waals surface area contributed by atoms with Crippen LogP contribution in [0.25, 0.3) is 0 Å². The van der Waals surface area contributed by atoms with Crippen LogP contribution in [0.5, 0.6) is 5.75 Å². The van der Waals surface area contributed by atoms with E-state index in [-0.39, 0.29) is 12.4 Å². The van der Waals surface area contributed by atoms with Gasteiger partial charge < -0.3 is 19.5 Å². The van der Waals surface area contributed by atoms with Crippen LogP contribution in [0.3, 0.4) is 0 Å². The summed E-state index contributed by atoms with van der Waals surface area (Å²) < 4.78 is 17.8. The van der Waals surface area contributed by atoms with E-state index in [4.69, 9.17) is 14.2 Å². The molecule has 2 aliphatic rings. The molecule has 0 spiro atoms. The summed E-state index contributed by atoms with van der Waals surface area (Å²) in [5, 5.41) is 3.31.